The standard InChI is InChI=1S/C22H23N9O2/c1-2-17(23)30-7-5-13(6-8-30)31-19-14(20(32)29-22(31)33)11-25-16-4-3-15(28-18(16)19)12-9-26-21(24)27-10-12/h3-4,9-11,13,23H,2,5-8H2,1H3,(H2,24,26,27)(H,29,32,33). The van der Waals surface area contributed by atoms with Gasteiger partial charge >= 0.3 is 5.69 Å². The van der Waals surface area contributed by atoms with Crippen molar-refractivity contribution in [1.82, 2.24) is 34.4 Å². The first kappa shape index (κ1) is 20.7. The van der Waals surface area contributed by atoms with Crippen LogP contribution >= 0.6 is 0 Å². The van der Waals surface area contributed by atoms with Crippen molar-refractivity contribution in [3.05, 3.63) is 51.6 Å². The highest BCUT2D eigenvalue weighted by Gasteiger charge is 2.25. The molecule has 11 heteroatoms. The van der Waals surface area contributed by atoms with E-state index in [9.17, 15) is 9.59 Å². The quantitative estimate of drug-likeness (QED) is 0.244. The number of nitrogens with zero attached hydrogens (tertiary/aromatic N) is 6. The van der Waals surface area contributed by atoms with Crippen LogP contribution in [0.3, 0.4) is 0 Å². The Morgan fingerprint density at radius 3 is 2.58 bits per heavy atom. The van der Waals surface area contributed by atoms with Gasteiger partial charge in [0, 0.05) is 49.7 Å². The fraction of sp³-hybridized carbons (Fsp3) is 0.318. The van der Waals surface area contributed by atoms with E-state index in [-0.39, 0.29) is 12.0 Å². The van der Waals surface area contributed by atoms with E-state index in [4.69, 9.17) is 16.1 Å². The van der Waals surface area contributed by atoms with Crippen LogP contribution in [0.5, 0.6) is 0 Å². The minimum absolute atomic E-state index is 0.131. The van der Waals surface area contributed by atoms with Gasteiger partial charge in [-0.25, -0.2) is 19.7 Å². The number of rotatable bonds is 3. The first-order chi connectivity index (χ1) is 16.0. The van der Waals surface area contributed by atoms with Crippen LogP contribution in [0.15, 0.2) is 40.3 Å². The Bertz CT molecular complexity index is 1480. The van der Waals surface area contributed by atoms with Gasteiger partial charge in [-0.1, -0.05) is 6.92 Å². The van der Waals surface area contributed by atoms with Crippen molar-refractivity contribution in [3.8, 4) is 11.3 Å². The SMILES string of the molecule is CCC(=N)N1CCC(n2c(=O)[nH]c(=O)c3cnc4ccc(-c5cnc(N)nc5)nc4c32)CC1. The van der Waals surface area contributed by atoms with Gasteiger partial charge in [0.1, 0.15) is 5.52 Å². The molecule has 168 valence electrons. The molecule has 4 aromatic rings. The number of aromatic amines is 1. The highest BCUT2D eigenvalue weighted by Crippen LogP contribution is 2.28. The summed E-state index contributed by atoms with van der Waals surface area (Å²) in [6, 6.07) is 3.46. The van der Waals surface area contributed by atoms with Crippen molar-refractivity contribution >= 4 is 33.7 Å². The molecular weight excluding hydrogens is 422 g/mol. The molecule has 0 spiro atoms. The second-order valence-electron chi connectivity index (χ2n) is 8.06. The molecule has 0 unspecified atom stereocenters. The van der Waals surface area contributed by atoms with Crippen LogP contribution < -0.4 is 17.0 Å². The zero-order chi connectivity index (χ0) is 23.1. The maximum Gasteiger partial charge on any atom is 0.329 e. The molecule has 1 fully saturated rings. The number of pyridine rings is 2. The Morgan fingerprint density at radius 1 is 1.15 bits per heavy atom. The first-order valence-electron chi connectivity index (χ1n) is 10.8. The lowest BCUT2D eigenvalue weighted by molar-refractivity contribution is 0.262. The third kappa shape index (κ3) is 3.60. The summed E-state index contributed by atoms with van der Waals surface area (Å²) in [4.78, 5) is 47.3. The molecule has 1 aliphatic heterocycles. The van der Waals surface area contributed by atoms with Crippen molar-refractivity contribution in [2.45, 2.75) is 32.2 Å². The normalized spacial score (nSPS) is 14.8. The fourth-order valence-corrected chi connectivity index (χ4v) is 4.39. The second-order valence-corrected chi connectivity index (χ2v) is 8.06. The van der Waals surface area contributed by atoms with Crippen molar-refractivity contribution in [1.29, 1.82) is 5.41 Å². The molecule has 5 rings (SSSR count). The molecule has 0 bridgehead atoms. The highest BCUT2D eigenvalue weighted by molar-refractivity contribution is 6.01. The predicted octanol–water partition coefficient (Wildman–Crippen LogP) is 1.70. The van der Waals surface area contributed by atoms with Crippen molar-refractivity contribution < 1.29 is 0 Å². The third-order valence-electron chi connectivity index (χ3n) is 6.12. The summed E-state index contributed by atoms with van der Waals surface area (Å²) in [5, 5.41) is 8.41. The van der Waals surface area contributed by atoms with Crippen LogP contribution in [0, 0.1) is 5.41 Å². The second kappa shape index (κ2) is 8.08. The Kier molecular flexibility index (Phi) is 5.08. The maximum atomic E-state index is 13.0. The molecule has 0 radical (unpaired) electrons. The monoisotopic (exact) mass is 445 g/mol. The number of fused-ring (bicyclic) bond motifs is 3. The molecule has 1 aliphatic rings. The van der Waals surface area contributed by atoms with Gasteiger partial charge < -0.3 is 10.6 Å². The van der Waals surface area contributed by atoms with Crippen LogP contribution in [0.2, 0.25) is 0 Å². The van der Waals surface area contributed by atoms with E-state index in [1.54, 1.807) is 29.1 Å². The summed E-state index contributed by atoms with van der Waals surface area (Å²) in [5.41, 5.74) is 7.40. The number of likely N-dealkylation sites (tertiary alicyclic amines) is 1. The van der Waals surface area contributed by atoms with Gasteiger partial charge in [0.25, 0.3) is 5.56 Å². The lowest BCUT2D eigenvalue weighted by Gasteiger charge is -2.34. The van der Waals surface area contributed by atoms with Gasteiger partial charge in [-0.2, -0.15) is 0 Å². The molecule has 0 saturated carbocycles. The number of anilines is 1. The van der Waals surface area contributed by atoms with Crippen LogP contribution in [-0.4, -0.2) is 53.3 Å². The van der Waals surface area contributed by atoms with Crippen LogP contribution in [0.4, 0.5) is 5.95 Å². The van der Waals surface area contributed by atoms with Crippen LogP contribution in [0.25, 0.3) is 33.2 Å². The third-order valence-corrected chi connectivity index (χ3v) is 6.12. The number of nitrogens with one attached hydrogen (secondary N) is 2. The van der Waals surface area contributed by atoms with E-state index < -0.39 is 11.2 Å². The minimum atomic E-state index is -0.492. The zero-order valence-corrected chi connectivity index (χ0v) is 18.1. The van der Waals surface area contributed by atoms with Crippen LogP contribution in [-0.2, 0) is 0 Å². The number of H-pyrrole nitrogens is 1. The Hall–Kier alpha value is -4.15. The molecule has 0 aliphatic carbocycles. The molecule has 4 N–H and O–H groups in total. The lowest BCUT2D eigenvalue weighted by Crippen LogP contribution is -2.42. The van der Waals surface area contributed by atoms with E-state index in [0.29, 0.717) is 71.4 Å². The number of aromatic nitrogens is 6. The van der Waals surface area contributed by atoms with E-state index >= 15 is 0 Å². The van der Waals surface area contributed by atoms with Crippen LogP contribution in [0.1, 0.15) is 32.2 Å². The van der Waals surface area contributed by atoms with E-state index in [2.05, 4.69) is 19.9 Å². The minimum Gasteiger partial charge on any atom is -0.368 e. The van der Waals surface area contributed by atoms with E-state index in [1.165, 1.54) is 6.20 Å². The molecule has 0 amide bonds. The summed E-state index contributed by atoms with van der Waals surface area (Å²) >= 11 is 0. The average molecular weight is 445 g/mol. The molecule has 0 atom stereocenters. The summed E-state index contributed by atoms with van der Waals surface area (Å²) < 4.78 is 1.64. The van der Waals surface area contributed by atoms with Gasteiger partial charge in [-0.3, -0.25) is 24.7 Å². The number of nitrogens with two attached hydrogens (primary N) is 1. The molecule has 1 saturated heterocycles. The Balaban J connectivity index is 1.69. The summed E-state index contributed by atoms with van der Waals surface area (Å²) in [6.07, 6.45) is 6.67. The number of amidine groups is 1. The number of nitrogen functional groups attached to an aromatic ring is 1. The van der Waals surface area contributed by atoms with Gasteiger partial charge in [0.05, 0.1) is 27.9 Å². The summed E-state index contributed by atoms with van der Waals surface area (Å²) in [7, 11) is 0. The van der Waals surface area contributed by atoms with Crippen molar-refractivity contribution in [2.24, 2.45) is 0 Å². The molecule has 5 heterocycles. The average Bonchev–Trinajstić information content (AvgIpc) is 2.84. The van der Waals surface area contributed by atoms with E-state index in [1.807, 2.05) is 11.8 Å². The van der Waals surface area contributed by atoms with Gasteiger partial charge in [-0.05, 0) is 25.0 Å². The van der Waals surface area contributed by atoms with Gasteiger partial charge in [-0.15, -0.1) is 0 Å². The fourth-order valence-electron chi connectivity index (χ4n) is 4.39. The largest absolute Gasteiger partial charge is 0.368 e. The Morgan fingerprint density at radius 2 is 1.88 bits per heavy atom. The highest BCUT2D eigenvalue weighted by atomic mass is 16.2. The topological polar surface area (TPSA) is 160 Å². The molecule has 4 aromatic heterocycles. The first-order valence-corrected chi connectivity index (χ1v) is 10.8. The van der Waals surface area contributed by atoms with Gasteiger partial charge in [0.2, 0.25) is 5.95 Å². The summed E-state index contributed by atoms with van der Waals surface area (Å²) in [5.74, 6) is 0.758. The molecular formula is C22H23N9O2. The smallest absolute Gasteiger partial charge is 0.329 e. The molecule has 0 aromatic carbocycles. The van der Waals surface area contributed by atoms with E-state index in [0.717, 1.165) is 0 Å². The zero-order valence-electron chi connectivity index (χ0n) is 18.1. The van der Waals surface area contributed by atoms with Gasteiger partial charge in [0.15, 0.2) is 0 Å². The molecule has 33 heavy (non-hydrogen) atoms. The number of piperidine rings is 1. The Labute approximate surface area is 187 Å². The molecule has 11 nitrogen and oxygen atoms in total. The number of hydrogen-bond donors (Lipinski definition) is 3. The van der Waals surface area contributed by atoms with Crippen molar-refractivity contribution in [2.75, 3.05) is 18.8 Å². The number of hydrogen-bond acceptors (Lipinski definition) is 8. The maximum absolute atomic E-state index is 13.0. The summed E-state index contributed by atoms with van der Waals surface area (Å²) in [6.45, 7) is 3.31. The van der Waals surface area contributed by atoms with Crippen molar-refractivity contribution in [3.63, 3.8) is 0 Å². The predicted molar refractivity (Wildman–Crippen MR) is 125 cm³/mol. The lowest BCUT2D eigenvalue weighted by atomic mass is 10.0.